The second-order valence-electron chi connectivity index (χ2n) is 3.80. The number of aromatic nitrogens is 1. The van der Waals surface area contributed by atoms with Gasteiger partial charge in [0.1, 0.15) is 4.21 Å². The van der Waals surface area contributed by atoms with Crippen molar-refractivity contribution in [2.75, 3.05) is 4.72 Å². The summed E-state index contributed by atoms with van der Waals surface area (Å²) in [6, 6.07) is 8.20. The number of thiazole rings is 1. The quantitative estimate of drug-likeness (QED) is 0.745. The van der Waals surface area contributed by atoms with Gasteiger partial charge in [0.25, 0.3) is 10.0 Å². The van der Waals surface area contributed by atoms with E-state index in [4.69, 9.17) is 23.2 Å². The van der Waals surface area contributed by atoms with Gasteiger partial charge >= 0.3 is 0 Å². The monoisotopic (exact) mass is 364 g/mol. The van der Waals surface area contributed by atoms with Crippen LogP contribution in [0.4, 0.5) is 5.13 Å². The van der Waals surface area contributed by atoms with Crippen molar-refractivity contribution in [2.45, 2.75) is 4.21 Å². The third-order valence-electron chi connectivity index (χ3n) is 2.39. The second kappa shape index (κ2) is 5.16. The lowest BCUT2D eigenvalue weighted by Gasteiger charge is -2.00. The van der Waals surface area contributed by atoms with Crippen molar-refractivity contribution in [1.82, 2.24) is 4.98 Å². The van der Waals surface area contributed by atoms with Gasteiger partial charge in [-0.15, -0.1) is 11.3 Å². The molecule has 3 aromatic rings. The molecule has 0 fully saturated rings. The zero-order valence-corrected chi connectivity index (χ0v) is 13.6. The van der Waals surface area contributed by atoms with E-state index in [2.05, 4.69) is 9.71 Å². The molecule has 0 atom stereocenters. The first-order valence-electron chi connectivity index (χ1n) is 5.28. The molecule has 0 aliphatic carbocycles. The first kappa shape index (κ1) is 14.1. The third kappa shape index (κ3) is 2.77. The highest BCUT2D eigenvalue weighted by atomic mass is 35.5. The van der Waals surface area contributed by atoms with Gasteiger partial charge < -0.3 is 0 Å². The molecule has 20 heavy (non-hydrogen) atoms. The van der Waals surface area contributed by atoms with Gasteiger partial charge in [0.15, 0.2) is 5.13 Å². The fourth-order valence-corrected chi connectivity index (χ4v) is 5.41. The molecule has 2 heterocycles. The second-order valence-corrected chi connectivity index (χ2v) is 8.89. The zero-order chi connectivity index (χ0) is 14.3. The smallest absolute Gasteiger partial charge is 0.254 e. The van der Waals surface area contributed by atoms with Crippen LogP contribution in [0.2, 0.25) is 9.36 Å². The van der Waals surface area contributed by atoms with E-state index in [1.54, 1.807) is 24.3 Å². The number of halogens is 2. The Hall–Kier alpha value is -0.860. The maximum absolute atomic E-state index is 12.1. The highest BCUT2D eigenvalue weighted by molar-refractivity contribution is 7.95. The number of sulfonamides is 1. The number of hydrogen-bond donors (Lipinski definition) is 1. The highest BCUT2D eigenvalue weighted by Gasteiger charge is 2.18. The molecule has 0 spiro atoms. The molecular formula is C11H6Cl2N2O2S3. The average Bonchev–Trinajstić information content (AvgIpc) is 2.94. The minimum atomic E-state index is -3.65. The molecule has 1 aromatic carbocycles. The molecule has 2 aromatic heterocycles. The number of benzene rings is 1. The number of nitrogens with one attached hydrogen (secondary N) is 1. The summed E-state index contributed by atoms with van der Waals surface area (Å²) in [7, 11) is -3.65. The van der Waals surface area contributed by atoms with Gasteiger partial charge in [0.05, 0.1) is 14.6 Å². The largest absolute Gasteiger partial charge is 0.273 e. The molecule has 0 bridgehead atoms. The van der Waals surface area contributed by atoms with E-state index < -0.39 is 10.0 Å². The SMILES string of the molecule is O=S(=O)(Nc1nc2ccc(Cl)cc2s1)c1ccc(Cl)s1. The molecule has 3 rings (SSSR count). The average molecular weight is 365 g/mol. The van der Waals surface area contributed by atoms with Crippen LogP contribution in [-0.4, -0.2) is 13.4 Å². The lowest BCUT2D eigenvalue weighted by molar-refractivity contribution is 0.603. The molecule has 0 saturated heterocycles. The van der Waals surface area contributed by atoms with Crippen molar-refractivity contribution >= 4 is 71.2 Å². The number of rotatable bonds is 3. The summed E-state index contributed by atoms with van der Waals surface area (Å²) < 4.78 is 28.1. The van der Waals surface area contributed by atoms with Crippen LogP contribution in [0.1, 0.15) is 0 Å². The summed E-state index contributed by atoms with van der Waals surface area (Å²) in [5.41, 5.74) is 0.696. The summed E-state index contributed by atoms with van der Waals surface area (Å²) in [4.78, 5) is 4.21. The molecule has 9 heteroatoms. The van der Waals surface area contributed by atoms with Crippen LogP contribution >= 0.6 is 45.9 Å². The van der Waals surface area contributed by atoms with E-state index in [0.717, 1.165) is 16.0 Å². The van der Waals surface area contributed by atoms with E-state index >= 15 is 0 Å². The van der Waals surface area contributed by atoms with Crippen LogP contribution in [0.5, 0.6) is 0 Å². The molecule has 4 nitrogen and oxygen atoms in total. The number of anilines is 1. The standard InChI is InChI=1S/C11H6Cl2N2O2S3/c12-6-1-2-7-8(5-6)18-11(14-7)15-20(16,17)10-4-3-9(13)19-10/h1-5H,(H,14,15). The molecule has 0 saturated carbocycles. The van der Waals surface area contributed by atoms with Crippen LogP contribution in [0.25, 0.3) is 10.2 Å². The molecule has 0 aliphatic heterocycles. The Morgan fingerprint density at radius 2 is 1.90 bits per heavy atom. The Morgan fingerprint density at radius 3 is 2.60 bits per heavy atom. The van der Waals surface area contributed by atoms with Gasteiger partial charge in [-0.1, -0.05) is 34.5 Å². The van der Waals surface area contributed by atoms with Gasteiger partial charge in [-0.2, -0.15) is 0 Å². The summed E-state index contributed by atoms with van der Waals surface area (Å²) in [5.74, 6) is 0. The molecule has 0 radical (unpaired) electrons. The van der Waals surface area contributed by atoms with Crippen molar-refractivity contribution in [3.05, 3.63) is 39.7 Å². The predicted octanol–water partition coefficient (Wildman–Crippen LogP) is 4.47. The molecule has 0 amide bonds. The van der Waals surface area contributed by atoms with Gasteiger partial charge in [0.2, 0.25) is 0 Å². The van der Waals surface area contributed by atoms with Crippen molar-refractivity contribution < 1.29 is 8.42 Å². The first-order chi connectivity index (χ1) is 9.44. The van der Waals surface area contributed by atoms with Gasteiger partial charge in [0, 0.05) is 5.02 Å². The first-order valence-corrected chi connectivity index (χ1v) is 9.15. The number of hydrogen-bond acceptors (Lipinski definition) is 5. The van der Waals surface area contributed by atoms with Gasteiger partial charge in [-0.3, -0.25) is 4.72 Å². The highest BCUT2D eigenvalue weighted by Crippen LogP contribution is 2.31. The Balaban J connectivity index is 1.96. The molecular weight excluding hydrogens is 359 g/mol. The molecule has 1 N–H and O–H groups in total. The van der Waals surface area contributed by atoms with E-state index in [9.17, 15) is 8.42 Å². The van der Waals surface area contributed by atoms with Crippen LogP contribution in [0.3, 0.4) is 0 Å². The van der Waals surface area contributed by atoms with E-state index in [1.165, 1.54) is 17.4 Å². The summed E-state index contributed by atoms with van der Waals surface area (Å²) in [5, 5.41) is 0.882. The Morgan fingerprint density at radius 1 is 1.10 bits per heavy atom. The molecule has 104 valence electrons. The van der Waals surface area contributed by atoms with Crippen LogP contribution in [0, 0.1) is 0 Å². The van der Waals surface area contributed by atoms with Gasteiger partial charge in [-0.05, 0) is 30.3 Å². The van der Waals surface area contributed by atoms with E-state index in [-0.39, 0.29) is 4.21 Å². The minimum Gasteiger partial charge on any atom is -0.254 e. The van der Waals surface area contributed by atoms with Crippen molar-refractivity contribution in [3.8, 4) is 0 Å². The lowest BCUT2D eigenvalue weighted by atomic mass is 10.3. The fraction of sp³-hybridized carbons (Fsp3) is 0. The van der Waals surface area contributed by atoms with Crippen LogP contribution < -0.4 is 4.72 Å². The molecule has 0 aliphatic rings. The Labute approximate surface area is 133 Å². The minimum absolute atomic E-state index is 0.153. The van der Waals surface area contributed by atoms with Gasteiger partial charge in [-0.25, -0.2) is 13.4 Å². The fourth-order valence-electron chi connectivity index (χ4n) is 1.55. The number of thiophene rings is 1. The van der Waals surface area contributed by atoms with Crippen molar-refractivity contribution in [2.24, 2.45) is 0 Å². The Kier molecular flexibility index (Phi) is 3.64. The number of fused-ring (bicyclic) bond motifs is 1. The maximum Gasteiger partial charge on any atom is 0.273 e. The summed E-state index contributed by atoms with van der Waals surface area (Å²) in [6.07, 6.45) is 0. The number of nitrogens with zero attached hydrogens (tertiary/aromatic N) is 1. The normalized spacial score (nSPS) is 11.9. The Bertz CT molecular complexity index is 886. The van der Waals surface area contributed by atoms with Crippen molar-refractivity contribution in [3.63, 3.8) is 0 Å². The van der Waals surface area contributed by atoms with Crippen molar-refractivity contribution in [1.29, 1.82) is 0 Å². The maximum atomic E-state index is 12.1. The summed E-state index contributed by atoms with van der Waals surface area (Å²) in [6.45, 7) is 0. The van der Waals surface area contributed by atoms with E-state index in [0.29, 0.717) is 20.0 Å². The summed E-state index contributed by atoms with van der Waals surface area (Å²) >= 11 is 13.9. The van der Waals surface area contributed by atoms with E-state index in [1.807, 2.05) is 0 Å². The van der Waals surface area contributed by atoms with Crippen LogP contribution in [-0.2, 0) is 10.0 Å². The lowest BCUT2D eigenvalue weighted by Crippen LogP contribution is -2.10. The molecule has 0 unspecified atom stereocenters. The topological polar surface area (TPSA) is 59.1 Å². The predicted molar refractivity (Wildman–Crippen MR) is 84.8 cm³/mol. The third-order valence-corrected chi connectivity index (χ3v) is 6.75. The zero-order valence-electron chi connectivity index (χ0n) is 9.63. The van der Waals surface area contributed by atoms with Crippen LogP contribution in [0.15, 0.2) is 34.5 Å².